The summed E-state index contributed by atoms with van der Waals surface area (Å²) in [6.45, 7) is 8.29. The fraction of sp³-hybridized carbons (Fsp3) is 1.00. The van der Waals surface area contributed by atoms with Gasteiger partial charge in [0.2, 0.25) is 0 Å². The second-order valence-electron chi connectivity index (χ2n) is 6.50. The molecule has 2 saturated heterocycles. The SMILES string of the molecule is CC(C)(C)CCN1C2CCC1CC(Cl)C2. The number of alkyl halides is 1. The van der Waals surface area contributed by atoms with E-state index >= 15 is 0 Å². The van der Waals surface area contributed by atoms with E-state index in [2.05, 4.69) is 25.7 Å². The van der Waals surface area contributed by atoms with Gasteiger partial charge in [0.25, 0.3) is 0 Å². The van der Waals surface area contributed by atoms with Crippen LogP contribution in [0.5, 0.6) is 0 Å². The lowest BCUT2D eigenvalue weighted by Crippen LogP contribution is -2.44. The van der Waals surface area contributed by atoms with Crippen molar-refractivity contribution in [1.29, 1.82) is 0 Å². The van der Waals surface area contributed by atoms with Gasteiger partial charge in [-0.15, -0.1) is 11.6 Å². The molecule has 2 bridgehead atoms. The molecule has 2 unspecified atom stereocenters. The first-order valence-electron chi connectivity index (χ1n) is 6.35. The van der Waals surface area contributed by atoms with Gasteiger partial charge < -0.3 is 0 Å². The molecule has 2 fully saturated rings. The van der Waals surface area contributed by atoms with Crippen molar-refractivity contribution in [3.8, 4) is 0 Å². The topological polar surface area (TPSA) is 3.24 Å². The highest BCUT2D eigenvalue weighted by Gasteiger charge is 2.39. The number of fused-ring (bicyclic) bond motifs is 2. The second-order valence-corrected chi connectivity index (χ2v) is 7.12. The molecule has 2 heteroatoms. The van der Waals surface area contributed by atoms with Crippen molar-refractivity contribution in [2.75, 3.05) is 6.54 Å². The molecule has 0 spiro atoms. The molecule has 2 atom stereocenters. The summed E-state index contributed by atoms with van der Waals surface area (Å²) in [5, 5.41) is 0.452. The zero-order chi connectivity index (χ0) is 11.1. The molecule has 2 heterocycles. The molecule has 0 aromatic carbocycles. The maximum Gasteiger partial charge on any atom is 0.0365 e. The van der Waals surface area contributed by atoms with E-state index in [-0.39, 0.29) is 0 Å². The number of hydrogen-bond acceptors (Lipinski definition) is 1. The van der Waals surface area contributed by atoms with Crippen molar-refractivity contribution in [2.45, 2.75) is 70.3 Å². The van der Waals surface area contributed by atoms with Crippen LogP contribution < -0.4 is 0 Å². The van der Waals surface area contributed by atoms with Crippen LogP contribution >= 0.6 is 11.6 Å². The highest BCUT2D eigenvalue weighted by atomic mass is 35.5. The Hall–Kier alpha value is 0.250. The van der Waals surface area contributed by atoms with Crippen LogP contribution in [0.4, 0.5) is 0 Å². The summed E-state index contributed by atoms with van der Waals surface area (Å²) >= 11 is 6.28. The number of piperidine rings is 1. The van der Waals surface area contributed by atoms with Crippen LogP contribution in [0, 0.1) is 5.41 Å². The fourth-order valence-corrected chi connectivity index (χ4v) is 3.45. The standard InChI is InChI=1S/C13H24ClN/c1-13(2,3)6-7-15-11-4-5-12(15)9-10(14)8-11/h10-12H,4-9H2,1-3H3. The van der Waals surface area contributed by atoms with Gasteiger partial charge in [0.15, 0.2) is 0 Å². The largest absolute Gasteiger partial charge is 0.297 e. The van der Waals surface area contributed by atoms with Gasteiger partial charge in [-0.05, 0) is 44.1 Å². The lowest BCUT2D eigenvalue weighted by molar-refractivity contribution is 0.124. The minimum Gasteiger partial charge on any atom is -0.297 e. The van der Waals surface area contributed by atoms with Crippen molar-refractivity contribution in [3.63, 3.8) is 0 Å². The summed E-state index contributed by atoms with van der Waals surface area (Å²) in [5.41, 5.74) is 0.469. The first kappa shape index (κ1) is 11.7. The molecular weight excluding hydrogens is 206 g/mol. The van der Waals surface area contributed by atoms with Gasteiger partial charge in [-0.2, -0.15) is 0 Å². The molecule has 0 amide bonds. The van der Waals surface area contributed by atoms with Crippen LogP contribution in [0.2, 0.25) is 0 Å². The lowest BCUT2D eigenvalue weighted by atomic mass is 9.91. The molecule has 2 aliphatic rings. The van der Waals surface area contributed by atoms with Gasteiger partial charge in [-0.1, -0.05) is 20.8 Å². The Balaban J connectivity index is 1.89. The zero-order valence-electron chi connectivity index (χ0n) is 10.3. The van der Waals surface area contributed by atoms with Gasteiger partial charge in [0.05, 0.1) is 0 Å². The van der Waals surface area contributed by atoms with Gasteiger partial charge in [0.1, 0.15) is 0 Å². The van der Waals surface area contributed by atoms with Crippen LogP contribution in [0.1, 0.15) is 52.9 Å². The van der Waals surface area contributed by atoms with Gasteiger partial charge in [-0.25, -0.2) is 0 Å². The van der Waals surface area contributed by atoms with Crippen molar-refractivity contribution in [2.24, 2.45) is 5.41 Å². The Morgan fingerprint density at radius 2 is 1.67 bits per heavy atom. The van der Waals surface area contributed by atoms with Crippen molar-refractivity contribution >= 4 is 11.6 Å². The number of nitrogens with zero attached hydrogens (tertiary/aromatic N) is 1. The first-order valence-corrected chi connectivity index (χ1v) is 6.79. The van der Waals surface area contributed by atoms with E-state index in [1.165, 1.54) is 38.6 Å². The molecule has 0 aromatic rings. The third-order valence-corrected chi connectivity index (χ3v) is 4.30. The Morgan fingerprint density at radius 1 is 1.13 bits per heavy atom. The molecular formula is C13H24ClN. The maximum absolute atomic E-state index is 6.28. The van der Waals surface area contributed by atoms with Crippen LogP contribution in [0.25, 0.3) is 0 Å². The van der Waals surface area contributed by atoms with Crippen molar-refractivity contribution in [1.82, 2.24) is 4.90 Å². The molecule has 0 aliphatic carbocycles. The lowest BCUT2D eigenvalue weighted by Gasteiger charge is -2.38. The molecule has 1 nitrogen and oxygen atoms in total. The maximum atomic E-state index is 6.28. The number of rotatable bonds is 2. The van der Waals surface area contributed by atoms with Crippen LogP contribution in [-0.2, 0) is 0 Å². The molecule has 0 radical (unpaired) electrons. The Kier molecular flexibility index (Phi) is 3.33. The third kappa shape index (κ3) is 2.88. The Bertz CT molecular complexity index is 207. The predicted octanol–water partition coefficient (Wildman–Crippen LogP) is 3.66. The van der Waals surface area contributed by atoms with E-state index in [4.69, 9.17) is 11.6 Å². The minimum absolute atomic E-state index is 0.452. The summed E-state index contributed by atoms with van der Waals surface area (Å²) in [5.74, 6) is 0. The summed E-state index contributed by atoms with van der Waals surface area (Å²) in [6.07, 6.45) is 6.54. The fourth-order valence-electron chi connectivity index (χ4n) is 3.04. The Labute approximate surface area is 99.2 Å². The smallest absolute Gasteiger partial charge is 0.0365 e. The quantitative estimate of drug-likeness (QED) is 0.654. The van der Waals surface area contributed by atoms with Gasteiger partial charge in [0, 0.05) is 17.5 Å². The van der Waals surface area contributed by atoms with E-state index in [1.54, 1.807) is 0 Å². The first-order chi connectivity index (χ1) is 6.96. The number of hydrogen-bond donors (Lipinski definition) is 0. The highest BCUT2D eigenvalue weighted by molar-refractivity contribution is 6.20. The molecule has 15 heavy (non-hydrogen) atoms. The molecule has 88 valence electrons. The van der Waals surface area contributed by atoms with Gasteiger partial charge in [-0.3, -0.25) is 4.90 Å². The van der Waals surface area contributed by atoms with E-state index in [1.807, 2.05) is 0 Å². The highest BCUT2D eigenvalue weighted by Crippen LogP contribution is 2.38. The van der Waals surface area contributed by atoms with Gasteiger partial charge >= 0.3 is 0 Å². The Morgan fingerprint density at radius 3 is 2.13 bits per heavy atom. The second kappa shape index (κ2) is 4.25. The normalized spacial score (nSPS) is 37.2. The third-order valence-electron chi connectivity index (χ3n) is 3.95. The molecule has 0 N–H and O–H groups in total. The average molecular weight is 230 g/mol. The van der Waals surface area contributed by atoms with E-state index in [0.29, 0.717) is 10.8 Å². The summed E-state index contributed by atoms with van der Waals surface area (Å²) in [7, 11) is 0. The van der Waals surface area contributed by atoms with E-state index in [0.717, 1.165) is 12.1 Å². The van der Waals surface area contributed by atoms with Crippen LogP contribution in [0.3, 0.4) is 0 Å². The number of halogens is 1. The molecule has 2 aliphatic heterocycles. The van der Waals surface area contributed by atoms with Crippen LogP contribution in [0.15, 0.2) is 0 Å². The molecule has 0 aromatic heterocycles. The van der Waals surface area contributed by atoms with E-state index in [9.17, 15) is 0 Å². The van der Waals surface area contributed by atoms with Crippen LogP contribution in [-0.4, -0.2) is 28.9 Å². The summed E-state index contributed by atoms with van der Waals surface area (Å²) in [6, 6.07) is 1.60. The predicted molar refractivity (Wildman–Crippen MR) is 66.5 cm³/mol. The van der Waals surface area contributed by atoms with Crippen molar-refractivity contribution < 1.29 is 0 Å². The zero-order valence-corrected chi connectivity index (χ0v) is 11.1. The summed E-state index contributed by atoms with van der Waals surface area (Å²) < 4.78 is 0. The minimum atomic E-state index is 0.452. The monoisotopic (exact) mass is 229 g/mol. The average Bonchev–Trinajstić information content (AvgIpc) is 2.33. The summed E-state index contributed by atoms with van der Waals surface area (Å²) in [4.78, 5) is 2.74. The van der Waals surface area contributed by atoms with Crippen molar-refractivity contribution in [3.05, 3.63) is 0 Å². The molecule has 2 rings (SSSR count). The van der Waals surface area contributed by atoms with E-state index < -0.39 is 0 Å². The molecule has 0 saturated carbocycles.